The summed E-state index contributed by atoms with van der Waals surface area (Å²) in [6, 6.07) is 4.92. The van der Waals surface area contributed by atoms with E-state index in [-0.39, 0.29) is 5.91 Å². The highest BCUT2D eigenvalue weighted by Crippen LogP contribution is 2.27. The van der Waals surface area contributed by atoms with Crippen molar-refractivity contribution in [1.82, 2.24) is 5.32 Å². The van der Waals surface area contributed by atoms with Gasteiger partial charge in [-0.25, -0.2) is 0 Å². The molecule has 0 saturated carbocycles. The molecule has 6 heteroatoms. The van der Waals surface area contributed by atoms with Crippen LogP contribution in [0.4, 0.5) is 0 Å². The van der Waals surface area contributed by atoms with E-state index in [0.717, 1.165) is 0 Å². The van der Waals surface area contributed by atoms with Gasteiger partial charge in [0.2, 0.25) is 0 Å². The summed E-state index contributed by atoms with van der Waals surface area (Å²) in [6.45, 7) is 2.09. The third kappa shape index (κ3) is 4.98. The lowest BCUT2D eigenvalue weighted by atomic mass is 10.1. The van der Waals surface area contributed by atoms with E-state index in [1.165, 1.54) is 14.2 Å². The molecule has 0 aliphatic carbocycles. The number of benzene rings is 1. The lowest BCUT2D eigenvalue weighted by Crippen LogP contribution is -2.25. The molecule has 116 valence electrons. The standard InChI is InChI=1S/C15H21NO5/c1-10(15(18)19)5-4-8-16-14(17)11-6-7-12(20-2)13(9-11)21-3/h6-7,9-10H,4-5,8H2,1-3H3,(H,16,17)(H,18,19). The van der Waals surface area contributed by atoms with Crippen LogP contribution in [-0.2, 0) is 4.79 Å². The Kier molecular flexibility index (Phi) is 6.52. The van der Waals surface area contributed by atoms with Crippen LogP contribution >= 0.6 is 0 Å². The largest absolute Gasteiger partial charge is 0.493 e. The van der Waals surface area contributed by atoms with E-state index in [0.29, 0.717) is 36.4 Å². The van der Waals surface area contributed by atoms with Gasteiger partial charge < -0.3 is 19.9 Å². The number of aliphatic carboxylic acids is 1. The second kappa shape index (κ2) is 8.14. The summed E-state index contributed by atoms with van der Waals surface area (Å²) in [6.07, 6.45) is 1.15. The van der Waals surface area contributed by atoms with Gasteiger partial charge in [0.1, 0.15) is 0 Å². The van der Waals surface area contributed by atoms with Gasteiger partial charge in [-0.1, -0.05) is 6.92 Å². The first-order valence-electron chi connectivity index (χ1n) is 6.72. The second-order valence-corrected chi connectivity index (χ2v) is 4.71. The minimum Gasteiger partial charge on any atom is -0.493 e. The summed E-state index contributed by atoms with van der Waals surface area (Å²) in [4.78, 5) is 22.6. The van der Waals surface area contributed by atoms with Crippen molar-refractivity contribution in [3.63, 3.8) is 0 Å². The van der Waals surface area contributed by atoms with Gasteiger partial charge in [0.05, 0.1) is 20.1 Å². The van der Waals surface area contributed by atoms with Crippen LogP contribution in [0.25, 0.3) is 0 Å². The highest BCUT2D eigenvalue weighted by Gasteiger charge is 2.12. The van der Waals surface area contributed by atoms with Crippen LogP contribution in [0.15, 0.2) is 18.2 Å². The van der Waals surface area contributed by atoms with Gasteiger partial charge in [-0.15, -0.1) is 0 Å². The number of carboxylic acid groups (broad SMARTS) is 1. The van der Waals surface area contributed by atoms with Crippen LogP contribution in [-0.4, -0.2) is 37.7 Å². The lowest BCUT2D eigenvalue weighted by Gasteiger charge is -2.10. The molecule has 0 saturated heterocycles. The Hall–Kier alpha value is -2.24. The first-order valence-corrected chi connectivity index (χ1v) is 6.72. The molecule has 0 aliphatic heterocycles. The van der Waals surface area contributed by atoms with Gasteiger partial charge in [0.25, 0.3) is 5.91 Å². The molecule has 1 aromatic rings. The van der Waals surface area contributed by atoms with Crippen LogP contribution in [0.3, 0.4) is 0 Å². The van der Waals surface area contributed by atoms with Crippen LogP contribution < -0.4 is 14.8 Å². The van der Waals surface area contributed by atoms with E-state index in [1.54, 1.807) is 25.1 Å². The zero-order valence-corrected chi connectivity index (χ0v) is 12.5. The highest BCUT2D eigenvalue weighted by molar-refractivity contribution is 5.94. The summed E-state index contributed by atoms with van der Waals surface area (Å²) < 4.78 is 10.2. The van der Waals surface area contributed by atoms with Crippen molar-refractivity contribution < 1.29 is 24.2 Å². The Balaban J connectivity index is 2.51. The number of carboxylic acids is 1. The van der Waals surface area contributed by atoms with Crippen molar-refractivity contribution in [3.05, 3.63) is 23.8 Å². The monoisotopic (exact) mass is 295 g/mol. The molecule has 0 radical (unpaired) electrons. The van der Waals surface area contributed by atoms with Crippen LogP contribution in [0.2, 0.25) is 0 Å². The third-order valence-corrected chi connectivity index (χ3v) is 3.17. The molecule has 1 unspecified atom stereocenters. The predicted molar refractivity (Wildman–Crippen MR) is 77.9 cm³/mol. The SMILES string of the molecule is COc1ccc(C(=O)NCCCC(C)C(=O)O)cc1OC. The van der Waals surface area contributed by atoms with E-state index in [4.69, 9.17) is 14.6 Å². The fourth-order valence-corrected chi connectivity index (χ4v) is 1.81. The molecular formula is C15H21NO5. The van der Waals surface area contributed by atoms with Crippen molar-refractivity contribution in [2.24, 2.45) is 5.92 Å². The Morgan fingerprint density at radius 1 is 1.24 bits per heavy atom. The molecule has 0 aliphatic rings. The number of hydrogen-bond donors (Lipinski definition) is 2. The Morgan fingerprint density at radius 2 is 1.90 bits per heavy atom. The fourth-order valence-electron chi connectivity index (χ4n) is 1.81. The molecule has 0 fully saturated rings. The number of amides is 1. The average molecular weight is 295 g/mol. The second-order valence-electron chi connectivity index (χ2n) is 4.71. The van der Waals surface area contributed by atoms with Gasteiger partial charge in [-0.3, -0.25) is 9.59 Å². The number of rotatable bonds is 8. The first-order chi connectivity index (χ1) is 9.99. The number of ether oxygens (including phenoxy) is 2. The minimum atomic E-state index is -0.818. The van der Waals surface area contributed by atoms with Crippen molar-refractivity contribution in [3.8, 4) is 11.5 Å². The summed E-state index contributed by atoms with van der Waals surface area (Å²) in [7, 11) is 3.04. The fraction of sp³-hybridized carbons (Fsp3) is 0.467. The highest BCUT2D eigenvalue weighted by atomic mass is 16.5. The summed E-state index contributed by atoms with van der Waals surface area (Å²) in [5.74, 6) is -0.392. The van der Waals surface area contributed by atoms with Crippen molar-refractivity contribution in [2.45, 2.75) is 19.8 Å². The molecule has 0 spiro atoms. The topological polar surface area (TPSA) is 84.9 Å². The zero-order valence-electron chi connectivity index (χ0n) is 12.5. The van der Waals surface area contributed by atoms with Crippen LogP contribution in [0.5, 0.6) is 11.5 Å². The van der Waals surface area contributed by atoms with E-state index in [9.17, 15) is 9.59 Å². The summed E-state index contributed by atoms with van der Waals surface area (Å²) in [5, 5.41) is 11.5. The predicted octanol–water partition coefficient (Wildman–Crippen LogP) is 1.93. The van der Waals surface area contributed by atoms with Crippen molar-refractivity contribution in [2.75, 3.05) is 20.8 Å². The first kappa shape index (κ1) is 16.8. The Labute approximate surface area is 124 Å². The van der Waals surface area contributed by atoms with Gasteiger partial charge in [0.15, 0.2) is 11.5 Å². The van der Waals surface area contributed by atoms with E-state index in [1.807, 2.05) is 0 Å². The Bertz CT molecular complexity index is 501. The van der Waals surface area contributed by atoms with E-state index in [2.05, 4.69) is 5.32 Å². The molecule has 2 N–H and O–H groups in total. The molecule has 0 heterocycles. The summed E-state index contributed by atoms with van der Waals surface area (Å²) >= 11 is 0. The lowest BCUT2D eigenvalue weighted by molar-refractivity contribution is -0.141. The molecule has 1 amide bonds. The Morgan fingerprint density at radius 3 is 2.48 bits per heavy atom. The number of carbonyl (C=O) groups excluding carboxylic acids is 1. The smallest absolute Gasteiger partial charge is 0.306 e. The number of carbonyl (C=O) groups is 2. The molecule has 1 aromatic carbocycles. The van der Waals surface area contributed by atoms with Crippen molar-refractivity contribution in [1.29, 1.82) is 0 Å². The molecule has 0 bridgehead atoms. The minimum absolute atomic E-state index is 0.223. The van der Waals surface area contributed by atoms with Gasteiger partial charge in [-0.05, 0) is 31.0 Å². The van der Waals surface area contributed by atoms with Crippen molar-refractivity contribution >= 4 is 11.9 Å². The molecule has 0 aromatic heterocycles. The normalized spacial score (nSPS) is 11.6. The number of hydrogen-bond acceptors (Lipinski definition) is 4. The maximum Gasteiger partial charge on any atom is 0.306 e. The molecular weight excluding hydrogens is 274 g/mol. The zero-order chi connectivity index (χ0) is 15.8. The molecule has 6 nitrogen and oxygen atoms in total. The number of nitrogens with one attached hydrogen (secondary N) is 1. The van der Waals surface area contributed by atoms with Crippen LogP contribution in [0, 0.1) is 5.92 Å². The van der Waals surface area contributed by atoms with E-state index < -0.39 is 11.9 Å². The molecule has 1 rings (SSSR count). The quantitative estimate of drug-likeness (QED) is 0.716. The average Bonchev–Trinajstić information content (AvgIpc) is 2.50. The third-order valence-electron chi connectivity index (χ3n) is 3.17. The maximum absolute atomic E-state index is 12.0. The van der Waals surface area contributed by atoms with E-state index >= 15 is 0 Å². The van der Waals surface area contributed by atoms with Gasteiger partial charge >= 0.3 is 5.97 Å². The molecule has 1 atom stereocenters. The van der Waals surface area contributed by atoms with Gasteiger partial charge in [0, 0.05) is 12.1 Å². The van der Waals surface area contributed by atoms with Crippen LogP contribution in [0.1, 0.15) is 30.1 Å². The molecule has 21 heavy (non-hydrogen) atoms. The maximum atomic E-state index is 12.0. The van der Waals surface area contributed by atoms with Gasteiger partial charge in [-0.2, -0.15) is 0 Å². The summed E-state index contributed by atoms with van der Waals surface area (Å²) in [5.41, 5.74) is 0.471. The number of methoxy groups -OCH3 is 2.